The largest absolute Gasteiger partial charge is 0.462 e. The van der Waals surface area contributed by atoms with Crippen molar-refractivity contribution in [3.8, 4) is 0 Å². The van der Waals surface area contributed by atoms with E-state index in [-0.39, 0.29) is 5.97 Å². The molecule has 0 bridgehead atoms. The van der Waals surface area contributed by atoms with Gasteiger partial charge in [0.15, 0.2) is 0 Å². The molecule has 1 rings (SSSR count). The SMILES string of the molecule is CCCOC(=O)c1ccc(SC)cc1. The van der Waals surface area contributed by atoms with Crippen LogP contribution >= 0.6 is 11.8 Å². The molecule has 0 saturated heterocycles. The molecule has 1 aromatic rings. The van der Waals surface area contributed by atoms with Gasteiger partial charge in [-0.05, 0) is 36.9 Å². The number of ether oxygens (including phenoxy) is 1. The van der Waals surface area contributed by atoms with Crippen molar-refractivity contribution in [1.82, 2.24) is 0 Å². The van der Waals surface area contributed by atoms with Gasteiger partial charge in [0.05, 0.1) is 12.2 Å². The van der Waals surface area contributed by atoms with E-state index in [0.717, 1.165) is 11.3 Å². The number of carbonyl (C=O) groups is 1. The Morgan fingerprint density at radius 1 is 1.36 bits per heavy atom. The van der Waals surface area contributed by atoms with E-state index in [1.807, 2.05) is 25.3 Å². The molecule has 0 aromatic heterocycles. The minimum Gasteiger partial charge on any atom is -0.462 e. The van der Waals surface area contributed by atoms with Crippen molar-refractivity contribution in [2.24, 2.45) is 0 Å². The lowest BCUT2D eigenvalue weighted by molar-refractivity contribution is 0.0505. The van der Waals surface area contributed by atoms with Crippen LogP contribution in [0.4, 0.5) is 0 Å². The second-order valence-corrected chi connectivity index (χ2v) is 3.74. The summed E-state index contributed by atoms with van der Waals surface area (Å²) >= 11 is 1.65. The van der Waals surface area contributed by atoms with Gasteiger partial charge < -0.3 is 4.74 Å². The zero-order valence-corrected chi connectivity index (χ0v) is 9.26. The average Bonchev–Trinajstić information content (AvgIpc) is 2.26. The maximum atomic E-state index is 11.4. The van der Waals surface area contributed by atoms with Crippen LogP contribution in [-0.4, -0.2) is 18.8 Å². The van der Waals surface area contributed by atoms with Gasteiger partial charge in [-0.15, -0.1) is 11.8 Å². The van der Waals surface area contributed by atoms with Crippen LogP contribution in [0.25, 0.3) is 0 Å². The number of thioether (sulfide) groups is 1. The fourth-order valence-corrected chi connectivity index (χ4v) is 1.41. The van der Waals surface area contributed by atoms with E-state index >= 15 is 0 Å². The maximum Gasteiger partial charge on any atom is 0.338 e. The highest BCUT2D eigenvalue weighted by atomic mass is 32.2. The van der Waals surface area contributed by atoms with Gasteiger partial charge in [0.2, 0.25) is 0 Å². The summed E-state index contributed by atoms with van der Waals surface area (Å²) in [7, 11) is 0. The first-order valence-corrected chi connectivity index (χ1v) is 5.81. The molecule has 0 atom stereocenters. The third kappa shape index (κ3) is 3.07. The van der Waals surface area contributed by atoms with Gasteiger partial charge in [-0.1, -0.05) is 6.92 Å². The first-order valence-electron chi connectivity index (χ1n) is 4.59. The second kappa shape index (κ2) is 5.70. The summed E-state index contributed by atoms with van der Waals surface area (Å²) in [6, 6.07) is 7.44. The van der Waals surface area contributed by atoms with Crippen molar-refractivity contribution in [3.05, 3.63) is 29.8 Å². The van der Waals surface area contributed by atoms with Crippen LogP contribution in [0.3, 0.4) is 0 Å². The minimum absolute atomic E-state index is 0.237. The smallest absolute Gasteiger partial charge is 0.338 e. The van der Waals surface area contributed by atoms with Crippen molar-refractivity contribution in [3.63, 3.8) is 0 Å². The molecule has 3 heteroatoms. The summed E-state index contributed by atoms with van der Waals surface area (Å²) in [4.78, 5) is 12.5. The Morgan fingerprint density at radius 2 is 2.00 bits per heavy atom. The third-order valence-corrected chi connectivity index (χ3v) is 2.51. The van der Waals surface area contributed by atoms with E-state index in [1.165, 1.54) is 0 Å². The van der Waals surface area contributed by atoms with Crippen LogP contribution in [0, 0.1) is 0 Å². The number of carbonyl (C=O) groups excluding carboxylic acids is 1. The highest BCUT2D eigenvalue weighted by molar-refractivity contribution is 7.98. The third-order valence-electron chi connectivity index (χ3n) is 1.76. The molecule has 76 valence electrons. The Kier molecular flexibility index (Phi) is 4.53. The quantitative estimate of drug-likeness (QED) is 0.564. The van der Waals surface area contributed by atoms with Crippen LogP contribution in [0.1, 0.15) is 23.7 Å². The molecule has 0 unspecified atom stereocenters. The van der Waals surface area contributed by atoms with Crippen molar-refractivity contribution >= 4 is 17.7 Å². The lowest BCUT2D eigenvalue weighted by Crippen LogP contribution is -2.05. The lowest BCUT2D eigenvalue weighted by Gasteiger charge is -2.03. The molecule has 0 amide bonds. The zero-order valence-electron chi connectivity index (χ0n) is 8.45. The van der Waals surface area contributed by atoms with Crippen molar-refractivity contribution in [1.29, 1.82) is 0 Å². The Hall–Kier alpha value is -0.960. The summed E-state index contributed by atoms with van der Waals surface area (Å²) in [5.41, 5.74) is 0.622. The molecular weight excluding hydrogens is 196 g/mol. The fourth-order valence-electron chi connectivity index (χ4n) is 1.01. The molecule has 14 heavy (non-hydrogen) atoms. The van der Waals surface area contributed by atoms with Gasteiger partial charge in [0.25, 0.3) is 0 Å². The predicted molar refractivity (Wildman–Crippen MR) is 58.8 cm³/mol. The second-order valence-electron chi connectivity index (χ2n) is 2.86. The summed E-state index contributed by atoms with van der Waals surface area (Å²) in [6.07, 6.45) is 2.86. The van der Waals surface area contributed by atoms with E-state index in [4.69, 9.17) is 4.74 Å². The number of hydrogen-bond acceptors (Lipinski definition) is 3. The van der Waals surface area contributed by atoms with Crippen LogP contribution in [0.5, 0.6) is 0 Å². The molecule has 0 aliphatic carbocycles. The van der Waals surface area contributed by atoms with Crippen molar-refractivity contribution < 1.29 is 9.53 Å². The molecule has 0 aliphatic rings. The fraction of sp³-hybridized carbons (Fsp3) is 0.364. The van der Waals surface area contributed by atoms with E-state index in [9.17, 15) is 4.79 Å². The molecule has 0 radical (unpaired) electrons. The highest BCUT2D eigenvalue weighted by Crippen LogP contribution is 2.15. The number of hydrogen-bond donors (Lipinski definition) is 0. The van der Waals surface area contributed by atoms with Crippen LogP contribution in [0.15, 0.2) is 29.2 Å². The van der Waals surface area contributed by atoms with Gasteiger partial charge in [-0.2, -0.15) is 0 Å². The Labute approximate surface area is 88.7 Å². The molecular formula is C11H14O2S. The molecule has 0 spiro atoms. The predicted octanol–water partition coefficient (Wildman–Crippen LogP) is 2.98. The minimum atomic E-state index is -0.237. The Morgan fingerprint density at radius 3 is 2.50 bits per heavy atom. The van der Waals surface area contributed by atoms with E-state index in [2.05, 4.69) is 0 Å². The van der Waals surface area contributed by atoms with Crippen molar-refractivity contribution in [2.75, 3.05) is 12.9 Å². The average molecular weight is 210 g/mol. The zero-order chi connectivity index (χ0) is 10.4. The molecule has 1 aromatic carbocycles. The summed E-state index contributed by atoms with van der Waals surface area (Å²) in [5, 5.41) is 0. The Bertz CT molecular complexity index is 293. The maximum absolute atomic E-state index is 11.4. The molecule has 0 fully saturated rings. The monoisotopic (exact) mass is 210 g/mol. The van der Waals surface area contributed by atoms with Crippen LogP contribution < -0.4 is 0 Å². The first kappa shape index (κ1) is 11.1. The normalized spacial score (nSPS) is 9.86. The standard InChI is InChI=1S/C11H14O2S/c1-3-8-13-11(12)9-4-6-10(14-2)7-5-9/h4-7H,3,8H2,1-2H3. The van der Waals surface area contributed by atoms with Crippen LogP contribution in [0.2, 0.25) is 0 Å². The van der Waals surface area contributed by atoms with Crippen LogP contribution in [-0.2, 0) is 4.74 Å². The summed E-state index contributed by atoms with van der Waals surface area (Å²) in [5.74, 6) is -0.237. The molecule has 0 heterocycles. The Balaban J connectivity index is 2.62. The van der Waals surface area contributed by atoms with E-state index in [1.54, 1.807) is 23.9 Å². The molecule has 0 saturated carbocycles. The summed E-state index contributed by atoms with van der Waals surface area (Å²) in [6.45, 7) is 2.47. The number of benzene rings is 1. The van der Waals surface area contributed by atoms with Crippen molar-refractivity contribution in [2.45, 2.75) is 18.2 Å². The van der Waals surface area contributed by atoms with Gasteiger partial charge in [0.1, 0.15) is 0 Å². The molecule has 2 nitrogen and oxygen atoms in total. The topological polar surface area (TPSA) is 26.3 Å². The first-order chi connectivity index (χ1) is 6.77. The van der Waals surface area contributed by atoms with Gasteiger partial charge in [-0.3, -0.25) is 0 Å². The van der Waals surface area contributed by atoms with Gasteiger partial charge >= 0.3 is 5.97 Å². The van der Waals surface area contributed by atoms with E-state index in [0.29, 0.717) is 12.2 Å². The van der Waals surface area contributed by atoms with Gasteiger partial charge in [-0.25, -0.2) is 4.79 Å². The highest BCUT2D eigenvalue weighted by Gasteiger charge is 2.05. The molecule has 0 N–H and O–H groups in total. The summed E-state index contributed by atoms with van der Waals surface area (Å²) < 4.78 is 5.00. The number of rotatable bonds is 4. The number of esters is 1. The van der Waals surface area contributed by atoms with Gasteiger partial charge in [0, 0.05) is 4.90 Å². The lowest BCUT2D eigenvalue weighted by atomic mass is 10.2. The van der Waals surface area contributed by atoms with E-state index < -0.39 is 0 Å². The molecule has 0 aliphatic heterocycles.